The lowest BCUT2D eigenvalue weighted by molar-refractivity contribution is 0.0146. The van der Waals surface area contributed by atoms with Crippen molar-refractivity contribution in [2.75, 3.05) is 73.4 Å². The van der Waals surface area contributed by atoms with Gasteiger partial charge in [0, 0.05) is 13.2 Å². The van der Waals surface area contributed by atoms with Gasteiger partial charge in [-0.15, -0.1) is 0 Å². The van der Waals surface area contributed by atoms with Crippen LogP contribution in [0.5, 0.6) is 0 Å². The van der Waals surface area contributed by atoms with Gasteiger partial charge in [-0.1, -0.05) is 13.3 Å². The lowest BCUT2D eigenvalue weighted by Gasteiger charge is -2.10. The van der Waals surface area contributed by atoms with E-state index >= 15 is 0 Å². The summed E-state index contributed by atoms with van der Waals surface area (Å²) < 4.78 is 16.3. The van der Waals surface area contributed by atoms with E-state index in [9.17, 15) is 0 Å². The van der Waals surface area contributed by atoms with Gasteiger partial charge in [-0.2, -0.15) is 0 Å². The molecular formula is C15H34N2O3. The van der Waals surface area contributed by atoms with Gasteiger partial charge in [0.25, 0.3) is 0 Å². The molecule has 0 aliphatic rings. The van der Waals surface area contributed by atoms with Gasteiger partial charge < -0.3 is 24.4 Å². The lowest BCUT2D eigenvalue weighted by Crippen LogP contribution is -2.24. The van der Waals surface area contributed by atoms with E-state index in [0.717, 1.165) is 39.3 Å². The van der Waals surface area contributed by atoms with Crippen LogP contribution in [0.25, 0.3) is 0 Å². The minimum Gasteiger partial charge on any atom is -0.379 e. The van der Waals surface area contributed by atoms with Crippen LogP contribution >= 0.6 is 0 Å². The fourth-order valence-electron chi connectivity index (χ4n) is 1.58. The zero-order chi connectivity index (χ0) is 14.9. The zero-order valence-corrected chi connectivity index (χ0v) is 13.7. The maximum Gasteiger partial charge on any atom is 0.0701 e. The molecule has 0 atom stereocenters. The van der Waals surface area contributed by atoms with E-state index in [1.807, 2.05) is 0 Å². The van der Waals surface area contributed by atoms with E-state index in [-0.39, 0.29) is 0 Å². The third-order valence-corrected chi connectivity index (χ3v) is 2.77. The smallest absolute Gasteiger partial charge is 0.0701 e. The molecule has 5 heteroatoms. The SMILES string of the molecule is CCCCOCCOCCOCCNCCCN(C)C. The molecule has 1 N–H and O–H groups in total. The van der Waals surface area contributed by atoms with E-state index in [2.05, 4.69) is 31.2 Å². The summed E-state index contributed by atoms with van der Waals surface area (Å²) in [4.78, 5) is 2.20. The molecule has 0 fully saturated rings. The summed E-state index contributed by atoms with van der Waals surface area (Å²) >= 11 is 0. The summed E-state index contributed by atoms with van der Waals surface area (Å²) in [6, 6.07) is 0. The van der Waals surface area contributed by atoms with Crippen LogP contribution in [0, 0.1) is 0 Å². The molecule has 122 valence electrons. The highest BCUT2D eigenvalue weighted by Gasteiger charge is 1.93. The molecule has 0 heterocycles. The Kier molecular flexibility index (Phi) is 16.7. The molecule has 0 aliphatic heterocycles. The van der Waals surface area contributed by atoms with Crippen LogP contribution in [0.1, 0.15) is 26.2 Å². The fraction of sp³-hybridized carbons (Fsp3) is 1.00. The van der Waals surface area contributed by atoms with Crippen LogP contribution in [-0.4, -0.2) is 78.3 Å². The number of nitrogens with zero attached hydrogens (tertiary/aromatic N) is 1. The van der Waals surface area contributed by atoms with Crippen molar-refractivity contribution in [1.82, 2.24) is 10.2 Å². The average Bonchev–Trinajstić information content (AvgIpc) is 2.43. The molecule has 0 aliphatic carbocycles. The average molecular weight is 290 g/mol. The Morgan fingerprint density at radius 3 is 1.95 bits per heavy atom. The zero-order valence-electron chi connectivity index (χ0n) is 13.7. The second kappa shape index (κ2) is 16.9. The van der Waals surface area contributed by atoms with Gasteiger partial charge in [0.1, 0.15) is 0 Å². The summed E-state index contributed by atoms with van der Waals surface area (Å²) in [6.45, 7) is 9.50. The van der Waals surface area contributed by atoms with E-state index in [4.69, 9.17) is 14.2 Å². The van der Waals surface area contributed by atoms with Gasteiger partial charge in [0.05, 0.1) is 33.0 Å². The van der Waals surface area contributed by atoms with Crippen molar-refractivity contribution in [2.45, 2.75) is 26.2 Å². The normalized spacial score (nSPS) is 11.4. The van der Waals surface area contributed by atoms with Crippen LogP contribution < -0.4 is 5.32 Å². The van der Waals surface area contributed by atoms with Crippen molar-refractivity contribution in [3.8, 4) is 0 Å². The number of hydrogen-bond donors (Lipinski definition) is 1. The summed E-state index contributed by atoms with van der Waals surface area (Å²) in [6.07, 6.45) is 3.48. The molecule has 20 heavy (non-hydrogen) atoms. The monoisotopic (exact) mass is 290 g/mol. The molecule has 0 aromatic heterocycles. The lowest BCUT2D eigenvalue weighted by atomic mass is 10.4. The van der Waals surface area contributed by atoms with Gasteiger partial charge in [-0.25, -0.2) is 0 Å². The molecule has 0 rings (SSSR count). The standard InChI is InChI=1S/C15H34N2O3/c1-4-5-10-18-12-14-20-15-13-19-11-8-16-7-6-9-17(2)3/h16H,4-15H2,1-3H3. The van der Waals surface area contributed by atoms with Crippen LogP contribution in [0.3, 0.4) is 0 Å². The molecule has 0 spiro atoms. The van der Waals surface area contributed by atoms with Crippen LogP contribution in [0.15, 0.2) is 0 Å². The Bertz CT molecular complexity index is 181. The third kappa shape index (κ3) is 17.8. The predicted molar refractivity (Wildman–Crippen MR) is 83.4 cm³/mol. The Morgan fingerprint density at radius 1 is 0.750 bits per heavy atom. The van der Waals surface area contributed by atoms with Crippen LogP contribution in [-0.2, 0) is 14.2 Å². The van der Waals surface area contributed by atoms with Crippen molar-refractivity contribution < 1.29 is 14.2 Å². The fourth-order valence-corrected chi connectivity index (χ4v) is 1.58. The highest BCUT2D eigenvalue weighted by Crippen LogP contribution is 1.88. The molecule has 0 bridgehead atoms. The number of rotatable bonds is 16. The molecule has 0 radical (unpaired) electrons. The molecule has 0 amide bonds. The highest BCUT2D eigenvalue weighted by molar-refractivity contribution is 4.50. The van der Waals surface area contributed by atoms with E-state index < -0.39 is 0 Å². The largest absolute Gasteiger partial charge is 0.379 e. The highest BCUT2D eigenvalue weighted by atomic mass is 16.5. The summed E-state index contributed by atoms with van der Waals surface area (Å²) in [5.74, 6) is 0. The van der Waals surface area contributed by atoms with E-state index in [1.165, 1.54) is 12.8 Å². The Hall–Kier alpha value is -0.200. The van der Waals surface area contributed by atoms with Gasteiger partial charge in [0.15, 0.2) is 0 Å². The van der Waals surface area contributed by atoms with E-state index in [1.54, 1.807) is 0 Å². The first-order valence-electron chi connectivity index (χ1n) is 7.86. The minimum absolute atomic E-state index is 0.651. The van der Waals surface area contributed by atoms with Gasteiger partial charge >= 0.3 is 0 Å². The Balaban J connectivity index is 2.92. The molecule has 0 saturated heterocycles. The number of nitrogens with one attached hydrogen (secondary N) is 1. The maximum absolute atomic E-state index is 5.47. The van der Waals surface area contributed by atoms with Crippen molar-refractivity contribution in [2.24, 2.45) is 0 Å². The van der Waals surface area contributed by atoms with Crippen molar-refractivity contribution in [1.29, 1.82) is 0 Å². The molecule has 0 aromatic rings. The van der Waals surface area contributed by atoms with Crippen molar-refractivity contribution in [3.63, 3.8) is 0 Å². The maximum atomic E-state index is 5.47. The van der Waals surface area contributed by atoms with Gasteiger partial charge in [-0.05, 0) is 40.0 Å². The van der Waals surface area contributed by atoms with Crippen molar-refractivity contribution in [3.05, 3.63) is 0 Å². The Labute approximate surface area is 124 Å². The molecule has 0 aromatic carbocycles. The first-order valence-corrected chi connectivity index (χ1v) is 7.86. The molecule has 0 unspecified atom stereocenters. The topological polar surface area (TPSA) is 43.0 Å². The summed E-state index contributed by atoms with van der Waals surface area (Å²) in [7, 11) is 4.19. The molecular weight excluding hydrogens is 256 g/mol. The first-order chi connectivity index (χ1) is 9.77. The van der Waals surface area contributed by atoms with Crippen LogP contribution in [0.2, 0.25) is 0 Å². The minimum atomic E-state index is 0.651. The second-order valence-electron chi connectivity index (χ2n) is 5.10. The van der Waals surface area contributed by atoms with Crippen molar-refractivity contribution >= 4 is 0 Å². The number of hydrogen-bond acceptors (Lipinski definition) is 5. The second-order valence-corrected chi connectivity index (χ2v) is 5.10. The summed E-state index contributed by atoms with van der Waals surface area (Å²) in [5, 5.41) is 3.36. The van der Waals surface area contributed by atoms with E-state index in [0.29, 0.717) is 26.4 Å². The quantitative estimate of drug-likeness (QED) is 0.435. The third-order valence-electron chi connectivity index (χ3n) is 2.77. The van der Waals surface area contributed by atoms with Gasteiger partial charge in [0.2, 0.25) is 0 Å². The Morgan fingerprint density at radius 2 is 1.35 bits per heavy atom. The van der Waals surface area contributed by atoms with Crippen LogP contribution in [0.4, 0.5) is 0 Å². The number of unbranched alkanes of at least 4 members (excludes halogenated alkanes) is 1. The summed E-state index contributed by atoms with van der Waals surface area (Å²) in [5.41, 5.74) is 0. The molecule has 0 saturated carbocycles. The number of ether oxygens (including phenoxy) is 3. The molecule has 5 nitrogen and oxygen atoms in total. The predicted octanol–water partition coefficient (Wildman–Crippen LogP) is 1.38. The van der Waals surface area contributed by atoms with Gasteiger partial charge in [-0.3, -0.25) is 0 Å². The first kappa shape index (κ1) is 19.8.